The maximum Gasteiger partial charge on any atom is 0.435 e. The average Bonchev–Trinajstić information content (AvgIpc) is 3.27. The Kier molecular flexibility index (Phi) is 4.57. The van der Waals surface area contributed by atoms with Crippen molar-refractivity contribution >= 4 is 45.3 Å². The van der Waals surface area contributed by atoms with Crippen molar-refractivity contribution in [3.8, 4) is 5.69 Å². The van der Waals surface area contributed by atoms with E-state index in [2.05, 4.69) is 15.1 Å². The summed E-state index contributed by atoms with van der Waals surface area (Å²) >= 11 is 6.22. The Labute approximate surface area is 170 Å². The zero-order valence-corrected chi connectivity index (χ0v) is 15.9. The number of carbonyl (C=O) groups is 1. The molecule has 0 atom stereocenters. The van der Waals surface area contributed by atoms with E-state index in [0.29, 0.717) is 0 Å². The molecule has 0 radical (unpaired) electrons. The zero-order valence-electron chi connectivity index (χ0n) is 15.1. The van der Waals surface area contributed by atoms with Gasteiger partial charge in [0, 0.05) is 18.1 Å². The fraction of sp³-hybridized carbons (Fsp3) is 0.167. The Morgan fingerprint density at radius 3 is 2.70 bits per heavy atom. The van der Waals surface area contributed by atoms with Crippen molar-refractivity contribution in [1.82, 2.24) is 19.7 Å². The Morgan fingerprint density at radius 1 is 1.37 bits per heavy atom. The number of amides is 1. The van der Waals surface area contributed by atoms with E-state index in [0.717, 1.165) is 34.0 Å². The fourth-order valence-electron chi connectivity index (χ4n) is 3.31. The van der Waals surface area contributed by atoms with E-state index >= 15 is 0 Å². The zero-order chi connectivity index (χ0) is 21.8. The lowest BCUT2D eigenvalue weighted by Gasteiger charge is -2.18. The van der Waals surface area contributed by atoms with Gasteiger partial charge in [0.05, 0.1) is 33.5 Å². The number of anilines is 1. The van der Waals surface area contributed by atoms with Crippen molar-refractivity contribution in [2.45, 2.75) is 13.1 Å². The molecule has 156 valence electrons. The molecule has 30 heavy (non-hydrogen) atoms. The summed E-state index contributed by atoms with van der Waals surface area (Å²) in [4.78, 5) is 19.5. The van der Waals surface area contributed by atoms with E-state index in [1.165, 1.54) is 6.20 Å². The average molecular weight is 442 g/mol. The molecule has 1 aromatic carbocycles. The van der Waals surface area contributed by atoms with Crippen LogP contribution in [0.5, 0.6) is 0 Å². The highest BCUT2D eigenvalue weighted by atomic mass is 35.5. The summed E-state index contributed by atoms with van der Waals surface area (Å²) in [5.74, 6) is -0.736. The normalized spacial score (nSPS) is 12.1. The molecule has 0 aliphatic rings. The Bertz CT molecular complexity index is 1300. The van der Waals surface area contributed by atoms with Gasteiger partial charge in [-0.15, -0.1) is 0 Å². The van der Waals surface area contributed by atoms with Crippen LogP contribution in [0, 0.1) is 5.82 Å². The summed E-state index contributed by atoms with van der Waals surface area (Å²) in [5.41, 5.74) is -0.607. The molecule has 0 saturated heterocycles. The van der Waals surface area contributed by atoms with E-state index in [-0.39, 0.29) is 44.9 Å². The van der Waals surface area contributed by atoms with E-state index in [9.17, 15) is 27.5 Å². The summed E-state index contributed by atoms with van der Waals surface area (Å²) in [6.07, 6.45) is -3.66. The third-order valence-electron chi connectivity index (χ3n) is 4.55. The van der Waals surface area contributed by atoms with Gasteiger partial charge in [0.15, 0.2) is 5.69 Å². The molecule has 0 unspecified atom stereocenters. The number of pyridine rings is 1. The van der Waals surface area contributed by atoms with Gasteiger partial charge in [-0.25, -0.2) is 18.9 Å². The van der Waals surface area contributed by atoms with Gasteiger partial charge >= 0.3 is 12.3 Å². The minimum Gasteiger partial charge on any atom is -0.465 e. The molecule has 4 aromatic rings. The first-order chi connectivity index (χ1) is 14.1. The number of benzene rings is 1. The summed E-state index contributed by atoms with van der Waals surface area (Å²) in [7, 11) is 0. The van der Waals surface area contributed by atoms with Crippen molar-refractivity contribution in [2.24, 2.45) is 0 Å². The minimum absolute atomic E-state index is 0.0170. The van der Waals surface area contributed by atoms with Crippen LogP contribution >= 0.6 is 11.6 Å². The summed E-state index contributed by atoms with van der Waals surface area (Å²) in [5, 5.41) is 13.4. The fourth-order valence-corrected chi connectivity index (χ4v) is 3.54. The molecule has 4 rings (SSSR count). The molecule has 2 N–H and O–H groups in total. The van der Waals surface area contributed by atoms with Gasteiger partial charge < -0.3 is 10.1 Å². The van der Waals surface area contributed by atoms with Crippen molar-refractivity contribution in [2.75, 3.05) is 11.4 Å². The van der Waals surface area contributed by atoms with Crippen molar-refractivity contribution in [3.63, 3.8) is 0 Å². The number of H-pyrrole nitrogens is 1. The highest BCUT2D eigenvalue weighted by Crippen LogP contribution is 2.38. The van der Waals surface area contributed by atoms with Crippen LogP contribution in [-0.2, 0) is 6.18 Å². The minimum atomic E-state index is -4.66. The van der Waals surface area contributed by atoms with Crippen LogP contribution in [0.1, 0.15) is 12.6 Å². The predicted octanol–water partition coefficient (Wildman–Crippen LogP) is 5.22. The summed E-state index contributed by atoms with van der Waals surface area (Å²) in [6, 6.07) is 2.96. The largest absolute Gasteiger partial charge is 0.465 e. The Hall–Kier alpha value is -3.34. The first kappa shape index (κ1) is 20.0. The van der Waals surface area contributed by atoms with Crippen LogP contribution < -0.4 is 4.90 Å². The van der Waals surface area contributed by atoms with Crippen LogP contribution in [0.15, 0.2) is 30.6 Å². The third kappa shape index (κ3) is 3.11. The number of rotatable bonds is 3. The van der Waals surface area contributed by atoms with Crippen LogP contribution in [0.4, 0.5) is 28.0 Å². The number of aromatic amines is 1. The van der Waals surface area contributed by atoms with Crippen molar-refractivity contribution in [1.29, 1.82) is 0 Å². The molecule has 0 bridgehead atoms. The number of alkyl halides is 3. The lowest BCUT2D eigenvalue weighted by atomic mass is 10.1. The van der Waals surface area contributed by atoms with E-state index < -0.39 is 23.8 Å². The highest BCUT2D eigenvalue weighted by Gasteiger charge is 2.34. The Morgan fingerprint density at radius 2 is 2.10 bits per heavy atom. The Balaban J connectivity index is 2.07. The summed E-state index contributed by atoms with van der Waals surface area (Å²) in [6.45, 7) is 1.62. The van der Waals surface area contributed by atoms with Gasteiger partial charge in [-0.1, -0.05) is 11.6 Å². The number of hydrogen-bond acceptors (Lipinski definition) is 3. The van der Waals surface area contributed by atoms with Crippen LogP contribution in [-0.4, -0.2) is 37.5 Å². The van der Waals surface area contributed by atoms with E-state index in [4.69, 9.17) is 11.6 Å². The van der Waals surface area contributed by atoms with Crippen LogP contribution in [0.2, 0.25) is 5.02 Å². The standard InChI is InChI=1S/C18H12ClF4N5O2/c1-2-27(17(29)30)11-6-8(20)5-9-13-15(10(19)7-24-16(13)25-14(9)11)28-4-3-12(26-28)18(21,22)23/h3-7H,2H2,1H3,(H,24,25)(H,29,30). The van der Waals surface area contributed by atoms with Crippen LogP contribution in [0.3, 0.4) is 0 Å². The molecule has 3 heterocycles. The monoisotopic (exact) mass is 441 g/mol. The molecule has 0 aliphatic carbocycles. The maximum atomic E-state index is 14.4. The maximum absolute atomic E-state index is 14.4. The van der Waals surface area contributed by atoms with Crippen LogP contribution in [0.25, 0.3) is 27.6 Å². The highest BCUT2D eigenvalue weighted by molar-refractivity contribution is 6.34. The first-order valence-electron chi connectivity index (χ1n) is 8.55. The lowest BCUT2D eigenvalue weighted by molar-refractivity contribution is -0.141. The molecular weight excluding hydrogens is 430 g/mol. The molecule has 7 nitrogen and oxygen atoms in total. The number of halogens is 5. The number of hydrogen-bond donors (Lipinski definition) is 2. The van der Waals surface area contributed by atoms with E-state index in [1.807, 2.05) is 0 Å². The van der Waals surface area contributed by atoms with Gasteiger partial charge in [-0.3, -0.25) is 4.90 Å². The number of fused-ring (bicyclic) bond motifs is 3. The smallest absolute Gasteiger partial charge is 0.435 e. The first-order valence-corrected chi connectivity index (χ1v) is 8.92. The molecule has 0 aliphatic heterocycles. The van der Waals surface area contributed by atoms with Gasteiger partial charge in [-0.05, 0) is 25.1 Å². The molecule has 12 heteroatoms. The van der Waals surface area contributed by atoms with Crippen molar-refractivity contribution < 1.29 is 27.5 Å². The second-order valence-corrected chi connectivity index (χ2v) is 6.73. The van der Waals surface area contributed by atoms with Crippen molar-refractivity contribution in [3.05, 3.63) is 47.1 Å². The second kappa shape index (κ2) is 6.87. The number of carboxylic acid groups (broad SMARTS) is 1. The molecule has 1 amide bonds. The number of nitrogens with zero attached hydrogens (tertiary/aromatic N) is 4. The van der Waals surface area contributed by atoms with Gasteiger partial charge in [0.1, 0.15) is 11.5 Å². The number of aromatic nitrogens is 4. The van der Waals surface area contributed by atoms with Gasteiger partial charge in [0.25, 0.3) is 0 Å². The third-order valence-corrected chi connectivity index (χ3v) is 4.83. The topological polar surface area (TPSA) is 87.0 Å². The van der Waals surface area contributed by atoms with Gasteiger partial charge in [0.2, 0.25) is 0 Å². The number of nitrogens with one attached hydrogen (secondary N) is 1. The van der Waals surface area contributed by atoms with E-state index in [1.54, 1.807) is 6.92 Å². The molecule has 0 fully saturated rings. The molecule has 0 saturated carbocycles. The second-order valence-electron chi connectivity index (χ2n) is 6.32. The SMILES string of the molecule is CCN(C(=O)O)c1cc(F)cc2c1[nH]c1ncc(Cl)c(-n3ccc(C(F)(F)F)n3)c12. The molecule has 0 spiro atoms. The quantitative estimate of drug-likeness (QED) is 0.427. The predicted molar refractivity (Wildman–Crippen MR) is 102 cm³/mol. The molecular formula is C18H12ClF4N5O2. The van der Waals surface area contributed by atoms with Gasteiger partial charge in [-0.2, -0.15) is 18.3 Å². The molecule has 3 aromatic heterocycles. The summed E-state index contributed by atoms with van der Waals surface area (Å²) < 4.78 is 54.3. The lowest BCUT2D eigenvalue weighted by Crippen LogP contribution is -2.29.